The molecule has 1 aromatic rings. The Morgan fingerprint density at radius 3 is 2.58 bits per heavy atom. The average Bonchev–Trinajstić information content (AvgIpc) is 2.89. The maximum Gasteiger partial charge on any atom is 0.270 e. The van der Waals surface area contributed by atoms with Crippen LogP contribution in [-0.2, 0) is 6.42 Å². The minimum atomic E-state index is 0.0618. The maximum absolute atomic E-state index is 13.2. The van der Waals surface area contributed by atoms with Crippen LogP contribution in [0.25, 0.3) is 0 Å². The first-order chi connectivity index (χ1) is 11.5. The van der Waals surface area contributed by atoms with E-state index in [-0.39, 0.29) is 17.7 Å². The van der Waals surface area contributed by atoms with E-state index in [0.29, 0.717) is 12.1 Å². The number of Topliss-reactive ketones (excluding diaryl/α,β-unsaturated/α-hetero) is 1. The highest BCUT2D eigenvalue weighted by molar-refractivity contribution is 6.04. The van der Waals surface area contributed by atoms with E-state index in [4.69, 9.17) is 0 Å². The lowest BCUT2D eigenvalue weighted by atomic mass is 9.93. The number of nitrogens with one attached hydrogen (secondary N) is 1. The van der Waals surface area contributed by atoms with E-state index in [0.717, 1.165) is 68.3 Å². The van der Waals surface area contributed by atoms with Gasteiger partial charge in [-0.25, -0.2) is 0 Å². The van der Waals surface area contributed by atoms with Gasteiger partial charge in [-0.05, 0) is 45.1 Å². The van der Waals surface area contributed by atoms with Crippen LogP contribution in [0.4, 0.5) is 0 Å². The van der Waals surface area contributed by atoms with Crippen molar-refractivity contribution >= 4 is 11.7 Å². The summed E-state index contributed by atoms with van der Waals surface area (Å²) < 4.78 is 0. The Hall–Kier alpha value is -1.58. The number of hydrogen-bond donors (Lipinski definition) is 1. The first kappa shape index (κ1) is 18.8. The lowest BCUT2D eigenvalue weighted by molar-refractivity contribution is 0.0673. The normalized spacial score (nSPS) is 15.2. The summed E-state index contributed by atoms with van der Waals surface area (Å²) in [6.07, 6.45) is 7.76. The number of unbranched alkanes of at least 4 members (excludes halogenated alkanes) is 2. The molecular formula is C20H32N2O2. The second-order valence-electron chi connectivity index (χ2n) is 7.10. The molecule has 0 spiro atoms. The third kappa shape index (κ3) is 3.90. The molecule has 1 heterocycles. The molecule has 0 fully saturated rings. The Bertz CT molecular complexity index is 589. The van der Waals surface area contributed by atoms with Crippen molar-refractivity contribution < 1.29 is 9.59 Å². The van der Waals surface area contributed by atoms with Crippen LogP contribution < -0.4 is 0 Å². The second kappa shape index (κ2) is 8.50. The van der Waals surface area contributed by atoms with Crippen LogP contribution in [0.3, 0.4) is 0 Å². The predicted molar refractivity (Wildman–Crippen MR) is 97.7 cm³/mol. The largest absolute Gasteiger partial charge is 0.354 e. The number of amides is 1. The van der Waals surface area contributed by atoms with Gasteiger partial charge in [-0.2, -0.15) is 0 Å². The van der Waals surface area contributed by atoms with Gasteiger partial charge >= 0.3 is 0 Å². The van der Waals surface area contributed by atoms with Gasteiger partial charge in [0.2, 0.25) is 0 Å². The summed E-state index contributed by atoms with van der Waals surface area (Å²) in [5.74, 6) is 0.245. The number of fused-ring (bicyclic) bond motifs is 1. The molecule has 0 unspecified atom stereocenters. The summed E-state index contributed by atoms with van der Waals surface area (Å²) >= 11 is 0. The third-order valence-electron chi connectivity index (χ3n) is 5.15. The van der Waals surface area contributed by atoms with Crippen molar-refractivity contribution in [2.75, 3.05) is 6.54 Å². The molecule has 0 aromatic carbocycles. The molecule has 1 amide bonds. The van der Waals surface area contributed by atoms with Crippen molar-refractivity contribution in [1.82, 2.24) is 9.88 Å². The molecule has 1 aliphatic carbocycles. The van der Waals surface area contributed by atoms with Crippen LogP contribution in [0.5, 0.6) is 0 Å². The molecule has 4 nitrogen and oxygen atoms in total. The molecule has 0 saturated heterocycles. The zero-order valence-corrected chi connectivity index (χ0v) is 15.7. The van der Waals surface area contributed by atoms with Crippen LogP contribution >= 0.6 is 0 Å². The number of hydrogen-bond acceptors (Lipinski definition) is 2. The van der Waals surface area contributed by atoms with Crippen LogP contribution in [0.2, 0.25) is 0 Å². The molecule has 1 atom stereocenters. The van der Waals surface area contributed by atoms with Gasteiger partial charge in [0.25, 0.3) is 5.91 Å². The Morgan fingerprint density at radius 2 is 1.96 bits per heavy atom. The number of H-pyrrole nitrogens is 1. The molecule has 0 aliphatic heterocycles. The molecule has 24 heavy (non-hydrogen) atoms. The standard InChI is InChI=1S/C20H32N2O2/c1-5-7-8-13-22(14(3)10-6-2)20(24)19-15(4)18-16(21-19)11-9-12-17(18)23/h14,21H,5-13H2,1-4H3/t14-/m0/s1. The Morgan fingerprint density at radius 1 is 1.21 bits per heavy atom. The van der Waals surface area contributed by atoms with E-state index >= 15 is 0 Å². The van der Waals surface area contributed by atoms with E-state index in [1.807, 2.05) is 11.8 Å². The summed E-state index contributed by atoms with van der Waals surface area (Å²) in [7, 11) is 0. The van der Waals surface area contributed by atoms with Gasteiger partial charge < -0.3 is 9.88 Å². The number of nitrogens with zero attached hydrogens (tertiary/aromatic N) is 1. The molecule has 0 saturated carbocycles. The highest BCUT2D eigenvalue weighted by Gasteiger charge is 2.29. The van der Waals surface area contributed by atoms with Gasteiger partial charge in [0, 0.05) is 30.3 Å². The van der Waals surface area contributed by atoms with E-state index in [2.05, 4.69) is 25.8 Å². The lowest BCUT2D eigenvalue weighted by Crippen LogP contribution is -2.39. The third-order valence-corrected chi connectivity index (χ3v) is 5.15. The Kier molecular flexibility index (Phi) is 6.64. The van der Waals surface area contributed by atoms with Gasteiger partial charge in [0.1, 0.15) is 5.69 Å². The van der Waals surface area contributed by atoms with Gasteiger partial charge in [-0.15, -0.1) is 0 Å². The zero-order chi connectivity index (χ0) is 17.7. The van der Waals surface area contributed by atoms with Gasteiger partial charge in [0.15, 0.2) is 5.78 Å². The number of carbonyl (C=O) groups excluding carboxylic acids is 2. The fraction of sp³-hybridized carbons (Fsp3) is 0.700. The predicted octanol–water partition coefficient (Wildman–Crippen LogP) is 4.66. The first-order valence-corrected chi connectivity index (χ1v) is 9.56. The summed E-state index contributed by atoms with van der Waals surface area (Å²) in [5.41, 5.74) is 3.23. The quantitative estimate of drug-likeness (QED) is 0.704. The molecule has 2 rings (SSSR count). The van der Waals surface area contributed by atoms with E-state index in [9.17, 15) is 9.59 Å². The van der Waals surface area contributed by atoms with Crippen molar-refractivity contribution in [2.24, 2.45) is 0 Å². The SMILES string of the molecule is CCCCCN(C(=O)c1[nH]c2c(c1C)C(=O)CCC2)[C@@H](C)CCC. The molecule has 0 bridgehead atoms. The highest BCUT2D eigenvalue weighted by Crippen LogP contribution is 2.27. The molecule has 1 aliphatic rings. The lowest BCUT2D eigenvalue weighted by Gasteiger charge is -2.29. The molecule has 134 valence electrons. The summed E-state index contributed by atoms with van der Waals surface area (Å²) in [6.45, 7) is 9.18. The minimum absolute atomic E-state index is 0.0618. The second-order valence-corrected chi connectivity index (χ2v) is 7.10. The van der Waals surface area contributed by atoms with Gasteiger partial charge in [-0.3, -0.25) is 9.59 Å². The van der Waals surface area contributed by atoms with Crippen molar-refractivity contribution in [3.63, 3.8) is 0 Å². The molecule has 1 aromatic heterocycles. The number of aromatic amines is 1. The van der Waals surface area contributed by atoms with Gasteiger partial charge in [0.05, 0.1) is 0 Å². The monoisotopic (exact) mass is 332 g/mol. The number of aromatic nitrogens is 1. The van der Waals surface area contributed by atoms with Crippen LogP contribution in [0.15, 0.2) is 0 Å². The van der Waals surface area contributed by atoms with E-state index in [1.165, 1.54) is 0 Å². The topological polar surface area (TPSA) is 53.2 Å². The van der Waals surface area contributed by atoms with E-state index < -0.39 is 0 Å². The van der Waals surface area contributed by atoms with Crippen molar-refractivity contribution in [3.05, 3.63) is 22.5 Å². The summed E-state index contributed by atoms with van der Waals surface area (Å²) in [4.78, 5) is 30.7. The average molecular weight is 332 g/mol. The summed E-state index contributed by atoms with van der Waals surface area (Å²) in [5, 5.41) is 0. The van der Waals surface area contributed by atoms with Gasteiger partial charge in [-0.1, -0.05) is 33.1 Å². The smallest absolute Gasteiger partial charge is 0.270 e. The fourth-order valence-corrected chi connectivity index (χ4v) is 3.76. The number of carbonyl (C=O) groups is 2. The van der Waals surface area contributed by atoms with Crippen LogP contribution in [0, 0.1) is 6.92 Å². The van der Waals surface area contributed by atoms with Crippen LogP contribution in [-0.4, -0.2) is 34.2 Å². The first-order valence-electron chi connectivity index (χ1n) is 9.56. The maximum atomic E-state index is 13.2. The highest BCUT2D eigenvalue weighted by atomic mass is 16.2. The molecule has 1 N–H and O–H groups in total. The number of rotatable bonds is 8. The number of ketones is 1. The molecular weight excluding hydrogens is 300 g/mol. The van der Waals surface area contributed by atoms with Crippen molar-refractivity contribution in [3.8, 4) is 0 Å². The molecule has 0 radical (unpaired) electrons. The summed E-state index contributed by atoms with van der Waals surface area (Å²) in [6, 6.07) is 0.231. The fourth-order valence-electron chi connectivity index (χ4n) is 3.76. The Balaban J connectivity index is 2.26. The molecule has 4 heteroatoms. The van der Waals surface area contributed by atoms with Crippen molar-refractivity contribution in [2.45, 2.75) is 85.1 Å². The van der Waals surface area contributed by atoms with E-state index in [1.54, 1.807) is 0 Å². The number of aryl methyl sites for hydroxylation is 1. The van der Waals surface area contributed by atoms with Crippen molar-refractivity contribution in [1.29, 1.82) is 0 Å². The Labute approximate surface area is 146 Å². The minimum Gasteiger partial charge on any atom is -0.354 e. The van der Waals surface area contributed by atoms with Crippen LogP contribution in [0.1, 0.15) is 97.8 Å². The zero-order valence-electron chi connectivity index (χ0n) is 15.7.